The van der Waals surface area contributed by atoms with Crippen molar-refractivity contribution in [2.75, 3.05) is 19.7 Å². The third-order valence-electron chi connectivity index (χ3n) is 2.52. The average molecular weight is 289 g/mol. The van der Waals surface area contributed by atoms with Crippen LogP contribution in [0, 0.1) is 5.92 Å². The van der Waals surface area contributed by atoms with Crippen LogP contribution in [0.15, 0.2) is 55.6 Å². The van der Waals surface area contributed by atoms with E-state index in [9.17, 15) is 4.79 Å². The van der Waals surface area contributed by atoms with E-state index in [2.05, 4.69) is 32.3 Å². The van der Waals surface area contributed by atoms with Gasteiger partial charge in [0.15, 0.2) is 0 Å². The predicted molar refractivity (Wildman–Crippen MR) is 89.4 cm³/mol. The molecule has 0 amide bonds. The smallest absolute Gasteiger partial charge is 0.338 e. The zero-order valence-corrected chi connectivity index (χ0v) is 13.2. The maximum atomic E-state index is 11.4. The number of nitrogens with one attached hydrogen (secondary N) is 1. The highest BCUT2D eigenvalue weighted by Gasteiger charge is 2.05. The molecule has 1 N–H and O–H groups in total. The lowest BCUT2D eigenvalue weighted by Gasteiger charge is -2.06. The highest BCUT2D eigenvalue weighted by atomic mass is 16.5. The predicted octanol–water partition coefficient (Wildman–Crippen LogP) is 3.84. The molecular weight excluding hydrogens is 262 g/mol. The van der Waals surface area contributed by atoms with Crippen molar-refractivity contribution in [3.63, 3.8) is 0 Å². The van der Waals surface area contributed by atoms with Gasteiger partial charge in [0.25, 0.3) is 0 Å². The molecule has 0 saturated carbocycles. The maximum absolute atomic E-state index is 11.4. The molecule has 0 unspecified atom stereocenters. The number of ether oxygens (including phenoxy) is 1. The molecule has 0 aliphatic heterocycles. The lowest BCUT2D eigenvalue weighted by Crippen LogP contribution is -2.11. The van der Waals surface area contributed by atoms with E-state index in [4.69, 9.17) is 4.74 Å². The third-order valence-corrected chi connectivity index (χ3v) is 2.52. The topological polar surface area (TPSA) is 38.3 Å². The van der Waals surface area contributed by atoms with E-state index >= 15 is 0 Å². The molecule has 0 radical (unpaired) electrons. The highest BCUT2D eigenvalue weighted by molar-refractivity contribution is 5.89. The van der Waals surface area contributed by atoms with E-state index in [1.165, 1.54) is 0 Å². The van der Waals surface area contributed by atoms with Crippen LogP contribution in [0.5, 0.6) is 0 Å². The second-order valence-corrected chi connectivity index (χ2v) is 4.92. The van der Waals surface area contributed by atoms with Gasteiger partial charge < -0.3 is 10.1 Å². The highest BCUT2D eigenvalue weighted by Crippen LogP contribution is 2.04. The van der Waals surface area contributed by atoms with Gasteiger partial charge in [-0.3, -0.25) is 0 Å². The fraction of sp³-hybridized carbons (Fsp3) is 0.389. The Morgan fingerprint density at radius 2 is 1.76 bits per heavy atom. The maximum Gasteiger partial charge on any atom is 0.338 e. The second kappa shape index (κ2) is 13.1. The molecule has 0 aliphatic carbocycles. The van der Waals surface area contributed by atoms with E-state index < -0.39 is 0 Å². The molecule has 0 fully saturated rings. The van der Waals surface area contributed by atoms with Crippen LogP contribution in [0.2, 0.25) is 0 Å². The normalized spacial score (nSPS) is 9.48. The molecule has 0 aromatic heterocycles. The Morgan fingerprint density at radius 3 is 2.24 bits per heavy atom. The van der Waals surface area contributed by atoms with Crippen molar-refractivity contribution < 1.29 is 9.53 Å². The summed E-state index contributed by atoms with van der Waals surface area (Å²) in [7, 11) is 0. The molecule has 1 aromatic carbocycles. The molecule has 0 bridgehead atoms. The van der Waals surface area contributed by atoms with E-state index in [0.29, 0.717) is 18.1 Å². The molecule has 0 saturated heterocycles. The molecule has 116 valence electrons. The first-order chi connectivity index (χ1) is 10.1. The summed E-state index contributed by atoms with van der Waals surface area (Å²) in [5, 5.41) is 3.05. The summed E-state index contributed by atoms with van der Waals surface area (Å²) in [5.74, 6) is 0.338. The van der Waals surface area contributed by atoms with E-state index in [0.717, 1.165) is 19.5 Å². The zero-order valence-electron chi connectivity index (χ0n) is 13.2. The van der Waals surface area contributed by atoms with Crippen LogP contribution < -0.4 is 5.32 Å². The van der Waals surface area contributed by atoms with Gasteiger partial charge in [0.2, 0.25) is 0 Å². The van der Waals surface area contributed by atoms with Crippen LogP contribution in [-0.2, 0) is 4.74 Å². The summed E-state index contributed by atoms with van der Waals surface area (Å²) >= 11 is 0. The fourth-order valence-electron chi connectivity index (χ4n) is 1.33. The standard InChI is InChI=1S/C12H16O2.C6H11N/c1-10(2)8-9-14-12(13)11-6-4-3-5-7-11;1-3-5-7-6-4-2/h3-7,10H,8-9H2,1-2H3;3-4,7H,1-2,5-6H2. The summed E-state index contributed by atoms with van der Waals surface area (Å²) in [6.45, 7) is 13.5. The van der Waals surface area contributed by atoms with Crippen LogP contribution >= 0.6 is 0 Å². The van der Waals surface area contributed by atoms with Crippen molar-refractivity contribution >= 4 is 5.97 Å². The minimum absolute atomic E-state index is 0.230. The van der Waals surface area contributed by atoms with Gasteiger partial charge in [-0.2, -0.15) is 0 Å². The monoisotopic (exact) mass is 289 g/mol. The van der Waals surface area contributed by atoms with E-state index in [1.54, 1.807) is 12.1 Å². The molecule has 0 atom stereocenters. The zero-order chi connectivity index (χ0) is 15.9. The molecule has 0 aliphatic rings. The lowest BCUT2D eigenvalue weighted by molar-refractivity contribution is 0.0488. The Balaban J connectivity index is 0.000000486. The van der Waals surface area contributed by atoms with Gasteiger partial charge >= 0.3 is 5.97 Å². The molecule has 1 aromatic rings. The van der Waals surface area contributed by atoms with Crippen molar-refractivity contribution in [3.05, 3.63) is 61.2 Å². The number of esters is 1. The van der Waals surface area contributed by atoms with Gasteiger partial charge in [-0.05, 0) is 24.5 Å². The minimum Gasteiger partial charge on any atom is -0.462 e. The number of carbonyl (C=O) groups is 1. The number of benzene rings is 1. The van der Waals surface area contributed by atoms with Gasteiger partial charge in [0.05, 0.1) is 12.2 Å². The van der Waals surface area contributed by atoms with Crippen molar-refractivity contribution in [1.82, 2.24) is 5.32 Å². The van der Waals surface area contributed by atoms with Gasteiger partial charge in [-0.15, -0.1) is 13.2 Å². The van der Waals surface area contributed by atoms with Crippen LogP contribution in [0.1, 0.15) is 30.6 Å². The van der Waals surface area contributed by atoms with Gasteiger partial charge in [-0.1, -0.05) is 44.2 Å². The van der Waals surface area contributed by atoms with Gasteiger partial charge in [-0.25, -0.2) is 4.79 Å². The van der Waals surface area contributed by atoms with E-state index in [-0.39, 0.29) is 5.97 Å². The summed E-state index contributed by atoms with van der Waals surface area (Å²) in [6.07, 6.45) is 4.56. The number of hydrogen-bond acceptors (Lipinski definition) is 3. The average Bonchev–Trinajstić information content (AvgIpc) is 2.49. The van der Waals surface area contributed by atoms with Crippen molar-refractivity contribution in [3.8, 4) is 0 Å². The van der Waals surface area contributed by atoms with E-state index in [1.807, 2.05) is 30.4 Å². The van der Waals surface area contributed by atoms with Crippen LogP contribution in [0.3, 0.4) is 0 Å². The minimum atomic E-state index is -0.230. The Kier molecular flexibility index (Phi) is 12.0. The van der Waals surface area contributed by atoms with Crippen LogP contribution in [0.4, 0.5) is 0 Å². The third kappa shape index (κ3) is 11.6. The summed E-state index contributed by atoms with van der Waals surface area (Å²) in [6, 6.07) is 9.07. The molecule has 0 spiro atoms. The van der Waals surface area contributed by atoms with Gasteiger partial charge in [0, 0.05) is 13.1 Å². The van der Waals surface area contributed by atoms with Crippen molar-refractivity contribution in [2.24, 2.45) is 5.92 Å². The molecule has 21 heavy (non-hydrogen) atoms. The first-order valence-corrected chi connectivity index (χ1v) is 7.26. The number of hydrogen-bond donors (Lipinski definition) is 1. The summed E-state index contributed by atoms with van der Waals surface area (Å²) in [5.41, 5.74) is 0.622. The Hall–Kier alpha value is -1.87. The molecule has 3 nitrogen and oxygen atoms in total. The summed E-state index contributed by atoms with van der Waals surface area (Å²) in [4.78, 5) is 11.4. The molecular formula is C18H27NO2. The largest absolute Gasteiger partial charge is 0.462 e. The Labute approximate surface area is 128 Å². The fourth-order valence-corrected chi connectivity index (χ4v) is 1.33. The SMILES string of the molecule is C=CCNCC=C.CC(C)CCOC(=O)c1ccccc1. The number of rotatable bonds is 8. The quantitative estimate of drug-likeness (QED) is 0.449. The lowest BCUT2D eigenvalue weighted by atomic mass is 10.1. The second-order valence-electron chi connectivity index (χ2n) is 4.92. The summed E-state index contributed by atoms with van der Waals surface area (Å²) < 4.78 is 5.10. The van der Waals surface area contributed by atoms with Crippen molar-refractivity contribution in [2.45, 2.75) is 20.3 Å². The first-order valence-electron chi connectivity index (χ1n) is 7.26. The van der Waals surface area contributed by atoms with Crippen molar-refractivity contribution in [1.29, 1.82) is 0 Å². The first kappa shape index (κ1) is 19.1. The Bertz CT molecular complexity index is 391. The van der Waals surface area contributed by atoms with Crippen LogP contribution in [-0.4, -0.2) is 25.7 Å². The number of carbonyl (C=O) groups excluding carboxylic acids is 1. The van der Waals surface area contributed by atoms with Crippen LogP contribution in [0.25, 0.3) is 0 Å². The Morgan fingerprint density at radius 1 is 1.19 bits per heavy atom. The molecule has 1 rings (SSSR count). The molecule has 3 heteroatoms. The van der Waals surface area contributed by atoms with Gasteiger partial charge in [0.1, 0.15) is 0 Å². The molecule has 0 heterocycles.